The van der Waals surface area contributed by atoms with Crippen molar-refractivity contribution in [2.45, 2.75) is 18.0 Å². The maximum Gasteiger partial charge on any atom is 0.139 e. The van der Waals surface area contributed by atoms with E-state index in [4.69, 9.17) is 55.9 Å². The van der Waals surface area contributed by atoms with Gasteiger partial charge in [0.2, 0.25) is 0 Å². The Morgan fingerprint density at radius 3 is 1.69 bits per heavy atom. The molecule has 0 aliphatic carbocycles. The van der Waals surface area contributed by atoms with Crippen LogP contribution in [0.3, 0.4) is 0 Å². The summed E-state index contributed by atoms with van der Waals surface area (Å²) in [4.78, 5) is 2.02. The van der Waals surface area contributed by atoms with Crippen LogP contribution in [-0.2, 0) is 9.47 Å². The van der Waals surface area contributed by atoms with Gasteiger partial charge in [-0.15, -0.1) is 0 Å². The van der Waals surface area contributed by atoms with E-state index in [1.165, 1.54) is 0 Å². The average Bonchev–Trinajstić information content (AvgIpc) is 3.17. The van der Waals surface area contributed by atoms with Gasteiger partial charge in [0, 0.05) is 0 Å². The zero-order valence-corrected chi connectivity index (χ0v) is 16.5. The molecule has 2 saturated heterocycles. The van der Waals surface area contributed by atoms with Gasteiger partial charge in [-0.3, -0.25) is 0 Å². The first-order valence-electron chi connectivity index (χ1n) is 7.97. The monoisotopic (exact) mass is 433 g/mol. The molecular formula is C18H15Cl4NO3. The summed E-state index contributed by atoms with van der Waals surface area (Å²) in [5.41, 5.74) is 1.05. The minimum absolute atomic E-state index is 0.0946. The number of hydrogen-bond donors (Lipinski definition) is 1. The Labute approximate surface area is 171 Å². The highest BCUT2D eigenvalue weighted by Crippen LogP contribution is 2.49. The number of aliphatic hydroxyl groups excluding tert-OH is 1. The number of fused-ring (bicyclic) bond motifs is 1. The number of benzene rings is 2. The Hall–Kier alpha value is -0.560. The third-order valence-corrected chi connectivity index (χ3v) is 6.30. The molecule has 8 heteroatoms. The van der Waals surface area contributed by atoms with Crippen molar-refractivity contribution in [3.05, 3.63) is 67.6 Å². The predicted octanol–water partition coefficient (Wildman–Crippen LogP) is 5.09. The minimum atomic E-state index is -0.631. The first-order chi connectivity index (χ1) is 12.4. The SMILES string of the molecule is OCC12COC(c3ccc(Cl)c(Cl)c3)N1C(c1ccc(Cl)c(Cl)c1)OC2. The van der Waals surface area contributed by atoms with Crippen LogP contribution >= 0.6 is 46.4 Å². The highest BCUT2D eigenvalue weighted by molar-refractivity contribution is 6.42. The highest BCUT2D eigenvalue weighted by atomic mass is 35.5. The van der Waals surface area contributed by atoms with Gasteiger partial charge >= 0.3 is 0 Å². The zero-order valence-electron chi connectivity index (χ0n) is 13.5. The van der Waals surface area contributed by atoms with E-state index in [1.807, 2.05) is 17.0 Å². The molecule has 2 aliphatic rings. The largest absolute Gasteiger partial charge is 0.394 e. The molecule has 0 amide bonds. The second kappa shape index (κ2) is 7.12. The molecular weight excluding hydrogens is 420 g/mol. The minimum Gasteiger partial charge on any atom is -0.394 e. The van der Waals surface area contributed by atoms with E-state index in [0.717, 1.165) is 11.1 Å². The molecule has 2 heterocycles. The van der Waals surface area contributed by atoms with Gasteiger partial charge in [0.15, 0.2) is 0 Å². The molecule has 4 rings (SSSR count). The average molecular weight is 435 g/mol. The lowest BCUT2D eigenvalue weighted by atomic mass is 10.0. The van der Waals surface area contributed by atoms with Gasteiger partial charge < -0.3 is 14.6 Å². The van der Waals surface area contributed by atoms with Crippen LogP contribution in [-0.4, -0.2) is 35.4 Å². The molecule has 2 fully saturated rings. The number of aliphatic hydroxyl groups is 1. The van der Waals surface area contributed by atoms with Crippen molar-refractivity contribution >= 4 is 46.4 Å². The van der Waals surface area contributed by atoms with Crippen LogP contribution in [0.1, 0.15) is 23.6 Å². The predicted molar refractivity (Wildman–Crippen MR) is 102 cm³/mol. The van der Waals surface area contributed by atoms with Crippen molar-refractivity contribution in [2.24, 2.45) is 0 Å². The summed E-state index contributed by atoms with van der Waals surface area (Å²) in [6, 6.07) is 10.7. The van der Waals surface area contributed by atoms with Crippen LogP contribution in [0, 0.1) is 0 Å². The smallest absolute Gasteiger partial charge is 0.139 e. The molecule has 26 heavy (non-hydrogen) atoms. The Balaban J connectivity index is 1.75. The Bertz CT molecular complexity index is 784. The van der Waals surface area contributed by atoms with Crippen molar-refractivity contribution in [2.75, 3.05) is 19.8 Å². The van der Waals surface area contributed by atoms with Crippen LogP contribution in [0.25, 0.3) is 0 Å². The molecule has 0 aromatic heterocycles. The summed E-state index contributed by atoms with van der Waals surface area (Å²) in [6.07, 6.45) is -0.863. The standard InChI is InChI=1S/C18H15Cl4NO3/c19-12-3-1-10(5-14(12)21)16-23-17(11-2-4-13(20)15(22)6-11)26-9-18(23,7-24)8-25-16/h1-6,16-17,24H,7-9H2. The summed E-state index contributed by atoms with van der Waals surface area (Å²) < 4.78 is 12.1. The molecule has 2 aromatic carbocycles. The second-order valence-electron chi connectivity index (χ2n) is 6.46. The molecule has 2 unspecified atom stereocenters. The topological polar surface area (TPSA) is 41.9 Å². The van der Waals surface area contributed by atoms with Crippen molar-refractivity contribution < 1.29 is 14.6 Å². The summed E-state index contributed by atoms with van der Waals surface area (Å²) in [5, 5.41) is 11.9. The van der Waals surface area contributed by atoms with E-state index in [-0.39, 0.29) is 6.61 Å². The first kappa shape index (κ1) is 18.8. The van der Waals surface area contributed by atoms with Crippen LogP contribution in [0.2, 0.25) is 20.1 Å². The molecule has 0 radical (unpaired) electrons. The first-order valence-corrected chi connectivity index (χ1v) is 9.49. The third kappa shape index (κ3) is 3.03. The Kier molecular flexibility index (Phi) is 5.14. The van der Waals surface area contributed by atoms with E-state index >= 15 is 0 Å². The normalized spacial score (nSPS) is 28.5. The second-order valence-corrected chi connectivity index (χ2v) is 8.09. The third-order valence-electron chi connectivity index (χ3n) is 4.82. The van der Waals surface area contributed by atoms with Crippen molar-refractivity contribution in [1.82, 2.24) is 4.90 Å². The number of halogens is 4. The number of hydrogen-bond acceptors (Lipinski definition) is 4. The fourth-order valence-corrected chi connectivity index (χ4v) is 4.07. The molecule has 2 atom stereocenters. The summed E-state index contributed by atoms with van der Waals surface area (Å²) in [5.74, 6) is 0. The number of nitrogens with zero attached hydrogens (tertiary/aromatic N) is 1. The van der Waals surface area contributed by atoms with E-state index in [9.17, 15) is 5.11 Å². The summed E-state index contributed by atoms with van der Waals surface area (Å²) in [7, 11) is 0. The lowest BCUT2D eigenvalue weighted by Gasteiger charge is -2.33. The fourth-order valence-electron chi connectivity index (χ4n) is 3.46. The van der Waals surface area contributed by atoms with Crippen molar-refractivity contribution in [3.8, 4) is 0 Å². The maximum atomic E-state index is 10.1. The van der Waals surface area contributed by atoms with E-state index in [1.54, 1.807) is 24.3 Å². The maximum absolute atomic E-state index is 10.1. The van der Waals surface area contributed by atoms with Crippen LogP contribution < -0.4 is 0 Å². The molecule has 0 saturated carbocycles. The van der Waals surface area contributed by atoms with Crippen molar-refractivity contribution in [3.63, 3.8) is 0 Å². The molecule has 2 aliphatic heterocycles. The van der Waals surface area contributed by atoms with E-state index in [0.29, 0.717) is 33.3 Å². The lowest BCUT2D eigenvalue weighted by molar-refractivity contribution is -0.0630. The molecule has 2 aromatic rings. The van der Waals surface area contributed by atoms with E-state index in [2.05, 4.69) is 0 Å². The van der Waals surface area contributed by atoms with Gasteiger partial charge in [-0.1, -0.05) is 58.5 Å². The van der Waals surface area contributed by atoms with Gasteiger partial charge in [0.1, 0.15) is 12.5 Å². The lowest BCUT2D eigenvalue weighted by Crippen LogP contribution is -2.47. The van der Waals surface area contributed by atoms with E-state index < -0.39 is 18.0 Å². The Morgan fingerprint density at radius 2 is 1.31 bits per heavy atom. The molecule has 1 N–H and O–H groups in total. The molecule has 4 nitrogen and oxygen atoms in total. The van der Waals surface area contributed by atoms with Crippen LogP contribution in [0.5, 0.6) is 0 Å². The molecule has 138 valence electrons. The fraction of sp³-hybridized carbons (Fsp3) is 0.333. The van der Waals surface area contributed by atoms with Gasteiger partial charge in [-0.05, 0) is 35.4 Å². The van der Waals surface area contributed by atoms with Crippen LogP contribution in [0.15, 0.2) is 36.4 Å². The van der Waals surface area contributed by atoms with Crippen molar-refractivity contribution in [1.29, 1.82) is 0 Å². The summed E-state index contributed by atoms with van der Waals surface area (Å²) in [6.45, 7) is 0.584. The van der Waals surface area contributed by atoms with Gasteiger partial charge in [0.05, 0.1) is 45.5 Å². The molecule has 0 bridgehead atoms. The number of ether oxygens (including phenoxy) is 2. The van der Waals surface area contributed by atoms with Gasteiger partial charge in [-0.2, -0.15) is 0 Å². The van der Waals surface area contributed by atoms with Gasteiger partial charge in [-0.25, -0.2) is 4.90 Å². The quantitative estimate of drug-likeness (QED) is 0.730. The number of rotatable bonds is 3. The molecule has 0 spiro atoms. The summed E-state index contributed by atoms with van der Waals surface area (Å²) >= 11 is 24.4. The highest BCUT2D eigenvalue weighted by Gasteiger charge is 2.56. The van der Waals surface area contributed by atoms with Gasteiger partial charge in [0.25, 0.3) is 0 Å². The Morgan fingerprint density at radius 1 is 0.846 bits per heavy atom. The zero-order chi connectivity index (χ0) is 18.5. The van der Waals surface area contributed by atoms with Crippen LogP contribution in [0.4, 0.5) is 0 Å².